The predicted molar refractivity (Wildman–Crippen MR) is 81.3 cm³/mol. The molecule has 1 aromatic heterocycles. The minimum atomic E-state index is -0.225. The quantitative estimate of drug-likeness (QED) is 0.845. The maximum atomic E-state index is 12.9. The molecule has 1 aliphatic carbocycles. The van der Waals surface area contributed by atoms with Gasteiger partial charge in [0, 0.05) is 19.5 Å². The third-order valence-electron chi connectivity index (χ3n) is 5.26. The van der Waals surface area contributed by atoms with Crippen molar-refractivity contribution >= 4 is 11.8 Å². The SMILES string of the molecule is O=C1C[C@H](C(=O)N2CCO[C@@H]3CCC[C@@H]32)CN1Cc1ccco1. The summed E-state index contributed by atoms with van der Waals surface area (Å²) in [5, 5.41) is 0. The Bertz CT molecular complexity index is 585. The number of amides is 2. The van der Waals surface area contributed by atoms with Crippen molar-refractivity contribution in [3.8, 4) is 0 Å². The highest BCUT2D eigenvalue weighted by molar-refractivity contribution is 5.89. The second-order valence-corrected chi connectivity index (χ2v) is 6.69. The van der Waals surface area contributed by atoms with E-state index in [2.05, 4.69) is 0 Å². The van der Waals surface area contributed by atoms with Gasteiger partial charge in [0.15, 0.2) is 0 Å². The molecule has 2 aliphatic heterocycles. The molecule has 0 bridgehead atoms. The van der Waals surface area contributed by atoms with Gasteiger partial charge in [-0.3, -0.25) is 9.59 Å². The van der Waals surface area contributed by atoms with E-state index in [4.69, 9.17) is 9.15 Å². The highest BCUT2D eigenvalue weighted by atomic mass is 16.5. The molecule has 3 heterocycles. The van der Waals surface area contributed by atoms with Gasteiger partial charge in [0.1, 0.15) is 5.76 Å². The van der Waals surface area contributed by atoms with Gasteiger partial charge >= 0.3 is 0 Å². The molecule has 2 amide bonds. The van der Waals surface area contributed by atoms with Crippen molar-refractivity contribution in [1.29, 1.82) is 0 Å². The van der Waals surface area contributed by atoms with Gasteiger partial charge in [-0.15, -0.1) is 0 Å². The van der Waals surface area contributed by atoms with Crippen molar-refractivity contribution in [3.63, 3.8) is 0 Å². The summed E-state index contributed by atoms with van der Waals surface area (Å²) in [6.45, 7) is 2.21. The summed E-state index contributed by atoms with van der Waals surface area (Å²) >= 11 is 0. The molecule has 1 aromatic rings. The van der Waals surface area contributed by atoms with Crippen LogP contribution in [0.4, 0.5) is 0 Å². The topological polar surface area (TPSA) is 63.0 Å². The van der Waals surface area contributed by atoms with Crippen LogP contribution in [0.5, 0.6) is 0 Å². The number of fused-ring (bicyclic) bond motifs is 1. The van der Waals surface area contributed by atoms with E-state index in [0.717, 1.165) is 25.0 Å². The molecule has 0 radical (unpaired) electrons. The van der Waals surface area contributed by atoms with Crippen LogP contribution in [0.15, 0.2) is 22.8 Å². The summed E-state index contributed by atoms with van der Waals surface area (Å²) in [5.74, 6) is 0.696. The Labute approximate surface area is 135 Å². The summed E-state index contributed by atoms with van der Waals surface area (Å²) in [4.78, 5) is 28.8. The first-order valence-electron chi connectivity index (χ1n) is 8.44. The van der Waals surface area contributed by atoms with Crippen LogP contribution in [0, 0.1) is 5.92 Å². The van der Waals surface area contributed by atoms with Crippen molar-refractivity contribution in [3.05, 3.63) is 24.2 Å². The number of rotatable bonds is 3. The number of likely N-dealkylation sites (tertiary alicyclic amines) is 1. The number of hydrogen-bond acceptors (Lipinski definition) is 4. The fourth-order valence-corrected chi connectivity index (χ4v) is 4.11. The fraction of sp³-hybridized carbons (Fsp3) is 0.647. The molecule has 4 rings (SSSR count). The first-order chi connectivity index (χ1) is 11.2. The van der Waals surface area contributed by atoms with E-state index in [-0.39, 0.29) is 29.9 Å². The van der Waals surface area contributed by atoms with Crippen molar-refractivity contribution in [2.45, 2.75) is 44.4 Å². The predicted octanol–water partition coefficient (Wildman–Crippen LogP) is 1.41. The van der Waals surface area contributed by atoms with Gasteiger partial charge < -0.3 is 19.0 Å². The highest BCUT2D eigenvalue weighted by Gasteiger charge is 2.43. The minimum Gasteiger partial charge on any atom is -0.467 e. The molecule has 0 aromatic carbocycles. The summed E-state index contributed by atoms with van der Waals surface area (Å²) in [6.07, 6.45) is 5.30. The van der Waals surface area contributed by atoms with Gasteiger partial charge in [-0.1, -0.05) is 0 Å². The minimum absolute atomic E-state index is 0.0379. The first kappa shape index (κ1) is 14.8. The van der Waals surface area contributed by atoms with Crippen LogP contribution in [-0.2, 0) is 20.9 Å². The number of hydrogen-bond donors (Lipinski definition) is 0. The monoisotopic (exact) mass is 318 g/mol. The molecule has 3 atom stereocenters. The highest BCUT2D eigenvalue weighted by Crippen LogP contribution is 2.32. The Morgan fingerprint density at radius 1 is 1.35 bits per heavy atom. The Kier molecular flexibility index (Phi) is 3.85. The van der Waals surface area contributed by atoms with E-state index >= 15 is 0 Å². The number of carbonyl (C=O) groups is 2. The normalized spacial score (nSPS) is 30.8. The molecular weight excluding hydrogens is 296 g/mol. The number of carbonyl (C=O) groups excluding carboxylic acids is 2. The van der Waals surface area contributed by atoms with Crippen molar-refractivity contribution in [2.24, 2.45) is 5.92 Å². The molecule has 6 heteroatoms. The molecule has 23 heavy (non-hydrogen) atoms. The Morgan fingerprint density at radius 2 is 2.26 bits per heavy atom. The van der Waals surface area contributed by atoms with E-state index in [9.17, 15) is 9.59 Å². The van der Waals surface area contributed by atoms with Gasteiger partial charge in [-0.05, 0) is 31.4 Å². The second-order valence-electron chi connectivity index (χ2n) is 6.69. The molecule has 0 N–H and O–H groups in total. The van der Waals surface area contributed by atoms with Gasteiger partial charge in [0.2, 0.25) is 11.8 Å². The smallest absolute Gasteiger partial charge is 0.228 e. The third kappa shape index (κ3) is 2.76. The Hall–Kier alpha value is -1.82. The van der Waals surface area contributed by atoms with Gasteiger partial charge in [0.25, 0.3) is 0 Å². The third-order valence-corrected chi connectivity index (χ3v) is 5.26. The van der Waals surface area contributed by atoms with Crippen LogP contribution < -0.4 is 0 Å². The number of furan rings is 1. The van der Waals surface area contributed by atoms with E-state index in [0.29, 0.717) is 32.7 Å². The van der Waals surface area contributed by atoms with Crippen molar-refractivity contribution in [2.75, 3.05) is 19.7 Å². The largest absolute Gasteiger partial charge is 0.467 e. The molecule has 1 saturated carbocycles. The van der Waals surface area contributed by atoms with Gasteiger partial charge in [-0.2, -0.15) is 0 Å². The zero-order chi connectivity index (χ0) is 15.8. The standard InChI is InChI=1S/C17H22N2O4/c20-16-9-12(10-18(16)11-13-3-2-7-22-13)17(21)19-6-8-23-15-5-1-4-14(15)19/h2-3,7,12,14-15H,1,4-6,8-11H2/t12-,14-,15+/m0/s1. The lowest BCUT2D eigenvalue weighted by Gasteiger charge is -2.38. The number of morpholine rings is 1. The Balaban J connectivity index is 1.42. The summed E-state index contributed by atoms with van der Waals surface area (Å²) < 4.78 is 11.1. The fourth-order valence-electron chi connectivity index (χ4n) is 4.11. The van der Waals surface area contributed by atoms with Gasteiger partial charge in [-0.25, -0.2) is 0 Å². The first-order valence-corrected chi connectivity index (χ1v) is 8.44. The molecule has 0 unspecified atom stereocenters. The molecule has 2 saturated heterocycles. The number of nitrogens with zero attached hydrogens (tertiary/aromatic N) is 2. The van der Waals surface area contributed by atoms with Crippen LogP contribution in [0.1, 0.15) is 31.4 Å². The van der Waals surface area contributed by atoms with E-state index in [1.165, 1.54) is 0 Å². The lowest BCUT2D eigenvalue weighted by Crippen LogP contribution is -2.53. The summed E-state index contributed by atoms with van der Waals surface area (Å²) in [7, 11) is 0. The Morgan fingerprint density at radius 3 is 3.09 bits per heavy atom. The van der Waals surface area contributed by atoms with Crippen molar-refractivity contribution < 1.29 is 18.7 Å². The molecule has 124 valence electrons. The summed E-state index contributed by atoms with van der Waals surface area (Å²) in [5.41, 5.74) is 0. The maximum Gasteiger partial charge on any atom is 0.228 e. The lowest BCUT2D eigenvalue weighted by molar-refractivity contribution is -0.148. The molecule has 3 aliphatic rings. The maximum absolute atomic E-state index is 12.9. The van der Waals surface area contributed by atoms with Gasteiger partial charge in [0.05, 0.1) is 37.5 Å². The molecule has 0 spiro atoms. The summed E-state index contributed by atoms with van der Waals surface area (Å²) in [6, 6.07) is 3.88. The average Bonchev–Trinajstić information content (AvgIpc) is 3.28. The molecular formula is C17H22N2O4. The molecule has 6 nitrogen and oxygen atoms in total. The second kappa shape index (κ2) is 6.00. The lowest BCUT2D eigenvalue weighted by atomic mass is 10.0. The van der Waals surface area contributed by atoms with E-state index < -0.39 is 0 Å². The van der Waals surface area contributed by atoms with Crippen molar-refractivity contribution in [1.82, 2.24) is 9.80 Å². The molecule has 3 fully saturated rings. The zero-order valence-corrected chi connectivity index (χ0v) is 13.1. The zero-order valence-electron chi connectivity index (χ0n) is 13.1. The van der Waals surface area contributed by atoms with Crippen LogP contribution in [0.25, 0.3) is 0 Å². The van der Waals surface area contributed by atoms with Crippen LogP contribution in [-0.4, -0.2) is 53.5 Å². The van der Waals surface area contributed by atoms with Crippen LogP contribution >= 0.6 is 0 Å². The van der Waals surface area contributed by atoms with Crippen LogP contribution in [0.2, 0.25) is 0 Å². The average molecular weight is 318 g/mol. The van der Waals surface area contributed by atoms with E-state index in [1.54, 1.807) is 11.2 Å². The number of ether oxygens (including phenoxy) is 1. The van der Waals surface area contributed by atoms with Crippen LogP contribution in [0.3, 0.4) is 0 Å². The van der Waals surface area contributed by atoms with E-state index in [1.807, 2.05) is 17.0 Å².